The summed E-state index contributed by atoms with van der Waals surface area (Å²) >= 11 is 3.35. The first-order chi connectivity index (χ1) is 12.3. The highest BCUT2D eigenvalue weighted by molar-refractivity contribution is 9.10. The molecule has 26 heavy (non-hydrogen) atoms. The highest BCUT2D eigenvalue weighted by atomic mass is 79.9. The highest BCUT2D eigenvalue weighted by Gasteiger charge is 2.50. The number of methoxy groups -OCH3 is 2. The fourth-order valence-corrected chi connectivity index (χ4v) is 3.52. The molecule has 0 radical (unpaired) electrons. The van der Waals surface area contributed by atoms with Gasteiger partial charge in [0, 0.05) is 23.2 Å². The summed E-state index contributed by atoms with van der Waals surface area (Å²) in [6.07, 6.45) is -0.387. The number of anilines is 1. The number of carbonyl (C=O) groups excluding carboxylic acids is 2. The molecule has 0 saturated carbocycles. The zero-order chi connectivity index (χ0) is 19.1. The van der Waals surface area contributed by atoms with E-state index in [9.17, 15) is 14.7 Å². The summed E-state index contributed by atoms with van der Waals surface area (Å²) in [4.78, 5) is 26.9. The van der Waals surface area contributed by atoms with Crippen LogP contribution in [0.25, 0.3) is 0 Å². The maximum Gasteiger partial charge on any atom is 0.263 e. The summed E-state index contributed by atoms with van der Waals surface area (Å²) in [6, 6.07) is 9.96. The molecule has 1 heterocycles. The van der Waals surface area contributed by atoms with E-state index in [0.29, 0.717) is 27.2 Å². The van der Waals surface area contributed by atoms with Crippen molar-refractivity contribution in [1.29, 1.82) is 0 Å². The Morgan fingerprint density at radius 3 is 2.58 bits per heavy atom. The molecule has 0 spiro atoms. The average molecular weight is 420 g/mol. The zero-order valence-electron chi connectivity index (χ0n) is 14.6. The van der Waals surface area contributed by atoms with Gasteiger partial charge >= 0.3 is 0 Å². The number of carbonyl (C=O) groups is 2. The van der Waals surface area contributed by atoms with Crippen molar-refractivity contribution >= 4 is 33.3 Å². The van der Waals surface area contributed by atoms with Gasteiger partial charge in [-0.2, -0.15) is 0 Å². The maximum absolute atomic E-state index is 12.9. The average Bonchev–Trinajstić information content (AvgIpc) is 2.82. The predicted molar refractivity (Wildman–Crippen MR) is 99.9 cm³/mol. The van der Waals surface area contributed by atoms with Crippen LogP contribution in [0.5, 0.6) is 11.5 Å². The Labute approximate surface area is 159 Å². The first-order valence-electron chi connectivity index (χ1n) is 7.87. The fourth-order valence-electron chi connectivity index (χ4n) is 3.16. The lowest BCUT2D eigenvalue weighted by molar-refractivity contribution is -0.135. The quantitative estimate of drug-likeness (QED) is 0.753. The summed E-state index contributed by atoms with van der Waals surface area (Å²) in [6.45, 7) is 0. The second-order valence-electron chi connectivity index (χ2n) is 6.05. The number of halogens is 1. The van der Waals surface area contributed by atoms with E-state index in [1.54, 1.807) is 43.4 Å². The number of benzene rings is 2. The van der Waals surface area contributed by atoms with Gasteiger partial charge in [-0.05, 0) is 30.3 Å². The van der Waals surface area contributed by atoms with E-state index in [1.807, 2.05) is 0 Å². The van der Waals surface area contributed by atoms with Crippen molar-refractivity contribution in [3.63, 3.8) is 0 Å². The minimum Gasteiger partial charge on any atom is -0.497 e. The van der Waals surface area contributed by atoms with Crippen molar-refractivity contribution in [3.05, 3.63) is 52.0 Å². The van der Waals surface area contributed by atoms with Crippen molar-refractivity contribution in [2.45, 2.75) is 12.0 Å². The van der Waals surface area contributed by atoms with Gasteiger partial charge in [0.1, 0.15) is 11.5 Å². The number of ether oxygens (including phenoxy) is 2. The number of hydrogen-bond donors (Lipinski definition) is 1. The summed E-state index contributed by atoms with van der Waals surface area (Å²) in [7, 11) is 4.54. The van der Waals surface area contributed by atoms with E-state index in [2.05, 4.69) is 15.9 Å². The Morgan fingerprint density at radius 1 is 1.19 bits per heavy atom. The van der Waals surface area contributed by atoms with E-state index < -0.39 is 17.3 Å². The predicted octanol–water partition coefficient (Wildman–Crippen LogP) is 2.90. The summed E-state index contributed by atoms with van der Waals surface area (Å²) < 4.78 is 11.1. The molecule has 1 atom stereocenters. The topological polar surface area (TPSA) is 76.1 Å². The SMILES string of the molecule is COc1ccc(C(=O)CC2(O)C(=O)N(C)c3ccc(Br)cc32)c(OC)c1. The molecule has 1 aliphatic rings. The number of ketones is 1. The normalized spacial score (nSPS) is 18.7. The van der Waals surface area contributed by atoms with Crippen LogP contribution in [0.2, 0.25) is 0 Å². The van der Waals surface area contributed by atoms with Gasteiger partial charge in [-0.15, -0.1) is 0 Å². The molecule has 1 unspecified atom stereocenters. The Morgan fingerprint density at radius 2 is 1.92 bits per heavy atom. The van der Waals surface area contributed by atoms with Crippen LogP contribution in [0, 0.1) is 0 Å². The molecule has 136 valence electrons. The van der Waals surface area contributed by atoms with Gasteiger partial charge in [0.05, 0.1) is 31.9 Å². The molecule has 1 amide bonds. The molecule has 0 aromatic heterocycles. The van der Waals surface area contributed by atoms with Crippen LogP contribution in [0.4, 0.5) is 5.69 Å². The van der Waals surface area contributed by atoms with Crippen LogP contribution in [0.3, 0.4) is 0 Å². The van der Waals surface area contributed by atoms with E-state index in [-0.39, 0.29) is 12.0 Å². The lowest BCUT2D eigenvalue weighted by Crippen LogP contribution is -2.40. The smallest absolute Gasteiger partial charge is 0.263 e. The molecule has 0 saturated heterocycles. The van der Waals surface area contributed by atoms with E-state index in [0.717, 1.165) is 0 Å². The maximum atomic E-state index is 12.9. The molecule has 7 heteroatoms. The number of fused-ring (bicyclic) bond motifs is 1. The van der Waals surface area contributed by atoms with Gasteiger partial charge in [0.2, 0.25) is 0 Å². The lowest BCUT2D eigenvalue weighted by atomic mass is 9.88. The van der Waals surface area contributed by atoms with Crippen molar-refractivity contribution < 1.29 is 24.2 Å². The molecular formula is C19H18BrNO5. The number of hydrogen-bond acceptors (Lipinski definition) is 5. The molecule has 1 aliphatic heterocycles. The Hall–Kier alpha value is -2.38. The molecule has 0 aliphatic carbocycles. The van der Waals surface area contributed by atoms with Crippen LogP contribution in [-0.2, 0) is 10.4 Å². The molecule has 2 aromatic carbocycles. The van der Waals surface area contributed by atoms with Crippen molar-refractivity contribution in [2.24, 2.45) is 0 Å². The first-order valence-corrected chi connectivity index (χ1v) is 8.67. The zero-order valence-corrected chi connectivity index (χ0v) is 16.2. The largest absolute Gasteiger partial charge is 0.497 e. The second-order valence-corrected chi connectivity index (χ2v) is 6.97. The van der Waals surface area contributed by atoms with Crippen LogP contribution in [0.1, 0.15) is 22.3 Å². The summed E-state index contributed by atoms with van der Waals surface area (Å²) in [5, 5.41) is 11.1. The number of Topliss-reactive ketones (excluding diaryl/α,β-unsaturated/α-hetero) is 1. The number of likely N-dealkylation sites (N-methyl/N-ethyl adjacent to an activating group) is 1. The van der Waals surface area contributed by atoms with Gasteiger partial charge in [-0.25, -0.2) is 0 Å². The number of aliphatic hydroxyl groups is 1. The highest BCUT2D eigenvalue weighted by Crippen LogP contribution is 2.43. The minimum atomic E-state index is -1.92. The standard InChI is InChI=1S/C19H18BrNO5/c1-21-15-7-4-11(20)8-14(15)19(24,18(21)23)10-16(22)13-6-5-12(25-2)9-17(13)26-3/h4-9,24H,10H2,1-3H3. The number of amides is 1. The number of rotatable bonds is 5. The van der Waals surface area contributed by atoms with Crippen LogP contribution >= 0.6 is 15.9 Å². The minimum absolute atomic E-state index is 0.278. The van der Waals surface area contributed by atoms with Gasteiger partial charge in [-0.1, -0.05) is 15.9 Å². The Bertz CT molecular complexity index is 897. The van der Waals surface area contributed by atoms with Crippen molar-refractivity contribution in [2.75, 3.05) is 26.2 Å². The third kappa shape index (κ3) is 2.87. The molecule has 6 nitrogen and oxygen atoms in total. The van der Waals surface area contributed by atoms with Gasteiger partial charge in [-0.3, -0.25) is 9.59 Å². The van der Waals surface area contributed by atoms with E-state index in [1.165, 1.54) is 19.1 Å². The van der Waals surface area contributed by atoms with Crippen molar-refractivity contribution in [3.8, 4) is 11.5 Å². The monoisotopic (exact) mass is 419 g/mol. The second kappa shape index (κ2) is 6.74. The van der Waals surface area contributed by atoms with Crippen molar-refractivity contribution in [1.82, 2.24) is 0 Å². The molecule has 3 rings (SSSR count). The Balaban J connectivity index is 2.00. The van der Waals surface area contributed by atoms with E-state index >= 15 is 0 Å². The van der Waals surface area contributed by atoms with Crippen LogP contribution < -0.4 is 14.4 Å². The first kappa shape index (κ1) is 18.4. The van der Waals surface area contributed by atoms with Gasteiger partial charge < -0.3 is 19.5 Å². The third-order valence-electron chi connectivity index (χ3n) is 4.55. The fraction of sp³-hybridized carbons (Fsp3) is 0.263. The third-order valence-corrected chi connectivity index (χ3v) is 5.04. The lowest BCUT2D eigenvalue weighted by Gasteiger charge is -2.21. The summed E-state index contributed by atoms with van der Waals surface area (Å²) in [5.41, 5.74) is -0.661. The van der Waals surface area contributed by atoms with Crippen LogP contribution in [0.15, 0.2) is 40.9 Å². The Kier molecular flexibility index (Phi) is 4.77. The van der Waals surface area contributed by atoms with Gasteiger partial charge in [0.25, 0.3) is 5.91 Å². The molecule has 2 aromatic rings. The van der Waals surface area contributed by atoms with Gasteiger partial charge in [0.15, 0.2) is 11.4 Å². The van der Waals surface area contributed by atoms with Crippen LogP contribution in [-0.4, -0.2) is 38.1 Å². The summed E-state index contributed by atoms with van der Waals surface area (Å²) in [5.74, 6) is -0.0673. The molecular weight excluding hydrogens is 402 g/mol. The van der Waals surface area contributed by atoms with E-state index in [4.69, 9.17) is 9.47 Å². The molecule has 0 fully saturated rings. The molecule has 1 N–H and O–H groups in total. The molecule has 0 bridgehead atoms. The number of nitrogens with zero attached hydrogens (tertiary/aromatic N) is 1.